The molecule has 0 aromatic heterocycles. The van der Waals surface area contributed by atoms with Crippen molar-refractivity contribution in [3.8, 4) is 5.75 Å². The number of halogens is 1. The molecule has 3 nitrogen and oxygen atoms in total. The fourth-order valence-corrected chi connectivity index (χ4v) is 2.26. The van der Waals surface area contributed by atoms with Gasteiger partial charge in [0.1, 0.15) is 5.75 Å². The van der Waals surface area contributed by atoms with Gasteiger partial charge in [0.15, 0.2) is 6.61 Å². The lowest BCUT2D eigenvalue weighted by Gasteiger charge is -2.13. The summed E-state index contributed by atoms with van der Waals surface area (Å²) in [5.74, 6) is 0.400. The average Bonchev–Trinajstić information content (AvgIpc) is 2.47. The molecule has 0 fully saturated rings. The van der Waals surface area contributed by atoms with Crippen molar-refractivity contribution in [2.75, 3.05) is 11.9 Å². The normalized spacial score (nSPS) is 10.2. The minimum absolute atomic E-state index is 0.0438. The standard InChI is InChI=1S/C17H18ClNO2/c1-3-13-7-4-6-12(2)17(13)19-16(20)11-21-15-9-5-8-14(18)10-15/h4-10H,3,11H2,1-2H3,(H,19,20). The molecule has 2 aromatic rings. The van der Waals surface area contributed by atoms with Crippen LogP contribution in [0, 0.1) is 6.92 Å². The number of carbonyl (C=O) groups is 1. The van der Waals surface area contributed by atoms with Crippen LogP contribution in [-0.4, -0.2) is 12.5 Å². The van der Waals surface area contributed by atoms with E-state index >= 15 is 0 Å². The second-order valence-electron chi connectivity index (χ2n) is 4.76. The van der Waals surface area contributed by atoms with Gasteiger partial charge in [-0.2, -0.15) is 0 Å². The number of hydrogen-bond donors (Lipinski definition) is 1. The van der Waals surface area contributed by atoms with Gasteiger partial charge >= 0.3 is 0 Å². The summed E-state index contributed by atoms with van der Waals surface area (Å²) < 4.78 is 5.44. The summed E-state index contributed by atoms with van der Waals surface area (Å²) in [5.41, 5.74) is 3.04. The van der Waals surface area contributed by atoms with Gasteiger partial charge in [-0.3, -0.25) is 4.79 Å². The van der Waals surface area contributed by atoms with Crippen molar-refractivity contribution in [1.29, 1.82) is 0 Å². The highest BCUT2D eigenvalue weighted by Gasteiger charge is 2.09. The first-order valence-electron chi connectivity index (χ1n) is 6.87. The Morgan fingerprint density at radius 2 is 2.00 bits per heavy atom. The largest absolute Gasteiger partial charge is 0.484 e. The zero-order chi connectivity index (χ0) is 15.2. The van der Waals surface area contributed by atoms with Gasteiger partial charge in [0.2, 0.25) is 0 Å². The Bertz CT molecular complexity index is 640. The summed E-state index contributed by atoms with van der Waals surface area (Å²) in [5, 5.41) is 3.50. The van der Waals surface area contributed by atoms with Crippen molar-refractivity contribution in [3.05, 3.63) is 58.6 Å². The van der Waals surface area contributed by atoms with Crippen LogP contribution in [-0.2, 0) is 11.2 Å². The Labute approximate surface area is 129 Å². The predicted molar refractivity (Wildman–Crippen MR) is 86.1 cm³/mol. The number of ether oxygens (including phenoxy) is 1. The maximum absolute atomic E-state index is 12.0. The predicted octanol–water partition coefficient (Wildman–Crippen LogP) is 4.23. The van der Waals surface area contributed by atoms with Crippen LogP contribution in [0.25, 0.3) is 0 Å². The first-order chi connectivity index (χ1) is 10.1. The fraction of sp³-hybridized carbons (Fsp3) is 0.235. The molecule has 2 rings (SSSR count). The lowest BCUT2D eigenvalue weighted by Crippen LogP contribution is -2.21. The highest BCUT2D eigenvalue weighted by Crippen LogP contribution is 2.21. The molecular weight excluding hydrogens is 286 g/mol. The van der Waals surface area contributed by atoms with E-state index in [0.717, 1.165) is 23.2 Å². The van der Waals surface area contributed by atoms with Crippen LogP contribution in [0.1, 0.15) is 18.1 Å². The number of carbonyl (C=O) groups excluding carboxylic acids is 1. The molecule has 2 aromatic carbocycles. The quantitative estimate of drug-likeness (QED) is 0.897. The van der Waals surface area contributed by atoms with Gasteiger partial charge in [-0.25, -0.2) is 0 Å². The third-order valence-corrected chi connectivity index (χ3v) is 3.41. The number of benzene rings is 2. The first kappa shape index (κ1) is 15.4. The van der Waals surface area contributed by atoms with Crippen LogP contribution in [0.3, 0.4) is 0 Å². The van der Waals surface area contributed by atoms with Crippen LogP contribution in [0.2, 0.25) is 5.02 Å². The van der Waals surface area contributed by atoms with Crippen molar-refractivity contribution < 1.29 is 9.53 Å². The molecule has 0 bridgehead atoms. The van der Waals surface area contributed by atoms with Gasteiger partial charge in [0.05, 0.1) is 0 Å². The van der Waals surface area contributed by atoms with Gasteiger partial charge in [-0.1, -0.05) is 42.8 Å². The highest BCUT2D eigenvalue weighted by atomic mass is 35.5. The number of anilines is 1. The van der Waals surface area contributed by atoms with E-state index in [9.17, 15) is 4.79 Å². The Kier molecular flexibility index (Phi) is 5.23. The number of para-hydroxylation sites is 1. The third kappa shape index (κ3) is 4.23. The topological polar surface area (TPSA) is 38.3 Å². The Balaban J connectivity index is 1.99. The van der Waals surface area contributed by atoms with Crippen molar-refractivity contribution in [1.82, 2.24) is 0 Å². The highest BCUT2D eigenvalue weighted by molar-refractivity contribution is 6.30. The number of amides is 1. The van der Waals surface area contributed by atoms with E-state index in [4.69, 9.17) is 16.3 Å². The maximum Gasteiger partial charge on any atom is 0.262 e. The molecule has 0 unspecified atom stereocenters. The van der Waals surface area contributed by atoms with Gasteiger partial charge in [-0.05, 0) is 42.7 Å². The van der Waals surface area contributed by atoms with Gasteiger partial charge in [0, 0.05) is 10.7 Å². The molecule has 0 atom stereocenters. The first-order valence-corrected chi connectivity index (χ1v) is 7.24. The average molecular weight is 304 g/mol. The van der Waals surface area contributed by atoms with E-state index in [0.29, 0.717) is 10.8 Å². The molecule has 21 heavy (non-hydrogen) atoms. The van der Waals surface area contributed by atoms with E-state index < -0.39 is 0 Å². The molecule has 0 aliphatic carbocycles. The number of hydrogen-bond acceptors (Lipinski definition) is 2. The number of nitrogens with one attached hydrogen (secondary N) is 1. The molecule has 0 heterocycles. The van der Waals surface area contributed by atoms with Crippen molar-refractivity contribution in [2.45, 2.75) is 20.3 Å². The summed E-state index contributed by atoms with van der Waals surface area (Å²) in [6.45, 7) is 4.00. The molecule has 0 aliphatic rings. The van der Waals surface area contributed by atoms with Crippen LogP contribution < -0.4 is 10.1 Å². The Morgan fingerprint density at radius 3 is 2.71 bits per heavy atom. The molecule has 0 radical (unpaired) electrons. The van der Waals surface area contributed by atoms with E-state index in [1.54, 1.807) is 24.3 Å². The maximum atomic E-state index is 12.0. The second kappa shape index (κ2) is 7.14. The summed E-state index contributed by atoms with van der Waals surface area (Å²) >= 11 is 5.87. The summed E-state index contributed by atoms with van der Waals surface area (Å²) in [4.78, 5) is 12.0. The Hall–Kier alpha value is -2.00. The minimum Gasteiger partial charge on any atom is -0.484 e. The van der Waals surface area contributed by atoms with Crippen molar-refractivity contribution >= 4 is 23.2 Å². The fourth-order valence-electron chi connectivity index (χ4n) is 2.08. The van der Waals surface area contributed by atoms with Crippen molar-refractivity contribution in [2.24, 2.45) is 0 Å². The minimum atomic E-state index is -0.182. The van der Waals surface area contributed by atoms with E-state index in [-0.39, 0.29) is 12.5 Å². The molecule has 0 aliphatic heterocycles. The number of aryl methyl sites for hydroxylation is 2. The molecule has 1 amide bonds. The van der Waals surface area contributed by atoms with E-state index in [1.807, 2.05) is 25.1 Å². The molecule has 0 spiro atoms. The second-order valence-corrected chi connectivity index (χ2v) is 5.19. The van der Waals surface area contributed by atoms with Gasteiger partial charge in [0.25, 0.3) is 5.91 Å². The summed E-state index contributed by atoms with van der Waals surface area (Å²) in [6.07, 6.45) is 0.868. The molecule has 0 saturated carbocycles. The Morgan fingerprint density at radius 1 is 1.24 bits per heavy atom. The molecule has 4 heteroatoms. The van der Waals surface area contributed by atoms with Crippen LogP contribution in [0.4, 0.5) is 5.69 Å². The lowest BCUT2D eigenvalue weighted by molar-refractivity contribution is -0.118. The smallest absolute Gasteiger partial charge is 0.262 e. The van der Waals surface area contributed by atoms with E-state index in [1.165, 1.54) is 0 Å². The number of rotatable bonds is 5. The van der Waals surface area contributed by atoms with Gasteiger partial charge in [-0.15, -0.1) is 0 Å². The van der Waals surface area contributed by atoms with Crippen molar-refractivity contribution in [3.63, 3.8) is 0 Å². The lowest BCUT2D eigenvalue weighted by atomic mass is 10.1. The summed E-state index contributed by atoms with van der Waals surface area (Å²) in [6, 6.07) is 13.0. The van der Waals surface area contributed by atoms with Crippen LogP contribution >= 0.6 is 11.6 Å². The summed E-state index contributed by atoms with van der Waals surface area (Å²) in [7, 11) is 0. The zero-order valence-corrected chi connectivity index (χ0v) is 12.9. The van der Waals surface area contributed by atoms with Gasteiger partial charge < -0.3 is 10.1 Å². The van der Waals surface area contributed by atoms with E-state index in [2.05, 4.69) is 12.2 Å². The molecule has 110 valence electrons. The molecule has 0 saturated heterocycles. The SMILES string of the molecule is CCc1cccc(C)c1NC(=O)COc1cccc(Cl)c1. The monoisotopic (exact) mass is 303 g/mol. The third-order valence-electron chi connectivity index (χ3n) is 3.17. The molecular formula is C17H18ClNO2. The zero-order valence-electron chi connectivity index (χ0n) is 12.2. The van der Waals surface area contributed by atoms with Crippen LogP contribution in [0.15, 0.2) is 42.5 Å². The van der Waals surface area contributed by atoms with Crippen LogP contribution in [0.5, 0.6) is 5.75 Å². The molecule has 1 N–H and O–H groups in total.